The molecule has 1 aromatic heterocycles. The van der Waals surface area contributed by atoms with Gasteiger partial charge in [-0.2, -0.15) is 0 Å². The second-order valence-corrected chi connectivity index (χ2v) is 6.00. The molecule has 1 aliphatic rings. The van der Waals surface area contributed by atoms with E-state index in [4.69, 9.17) is 20.4 Å². The van der Waals surface area contributed by atoms with E-state index in [9.17, 15) is 0 Å². The second kappa shape index (κ2) is 4.23. The fourth-order valence-electron chi connectivity index (χ4n) is 3.47. The van der Waals surface area contributed by atoms with E-state index in [-0.39, 0.29) is 0 Å². The molecule has 0 saturated heterocycles. The van der Waals surface area contributed by atoms with Gasteiger partial charge in [-0.3, -0.25) is 0 Å². The van der Waals surface area contributed by atoms with Gasteiger partial charge in [0.15, 0.2) is 0 Å². The third kappa shape index (κ3) is 1.72. The van der Waals surface area contributed by atoms with Crippen molar-refractivity contribution >= 4 is 54.3 Å². The monoisotopic (exact) mass is 291 g/mol. The van der Waals surface area contributed by atoms with Crippen molar-refractivity contribution in [3.63, 3.8) is 0 Å². The van der Waals surface area contributed by atoms with Crippen LogP contribution in [0.25, 0.3) is 38.7 Å². The van der Waals surface area contributed by atoms with Crippen LogP contribution in [0.1, 0.15) is 5.56 Å². The van der Waals surface area contributed by atoms with Crippen LogP contribution >= 0.6 is 0 Å². The Morgan fingerprint density at radius 3 is 2.39 bits per heavy atom. The van der Waals surface area contributed by atoms with E-state index >= 15 is 0 Å². The van der Waals surface area contributed by atoms with Crippen molar-refractivity contribution in [1.82, 2.24) is 4.98 Å². The maximum absolute atomic E-state index is 5.96. The first kappa shape index (κ1) is 12.9. The number of aromatic nitrogens is 1. The molecular weight excluding hydrogens is 280 g/mol. The average Bonchev–Trinajstić information content (AvgIpc) is 2.94. The van der Waals surface area contributed by atoms with Gasteiger partial charge >= 0.3 is 0 Å². The number of para-hydroxylation sites is 1. The lowest BCUT2D eigenvalue weighted by molar-refractivity contribution is 0.288. The van der Waals surface area contributed by atoms with Crippen molar-refractivity contribution < 1.29 is 4.74 Å². The van der Waals surface area contributed by atoms with Crippen LogP contribution in [0.15, 0.2) is 54.6 Å². The molecule has 3 aromatic carbocycles. The average molecular weight is 291 g/mol. The Morgan fingerprint density at radius 1 is 0.870 bits per heavy atom. The number of fused-ring (bicyclic) bond motifs is 8. The quantitative estimate of drug-likeness (QED) is 0.489. The Bertz CT molecular complexity index is 1120. The minimum Gasteiger partial charge on any atom is -0.502 e. The summed E-state index contributed by atoms with van der Waals surface area (Å²) in [7, 11) is 11.9. The van der Waals surface area contributed by atoms with Gasteiger partial charge in [-0.05, 0) is 11.5 Å². The molecule has 104 valence electrons. The van der Waals surface area contributed by atoms with Gasteiger partial charge in [0.2, 0.25) is 0 Å². The minimum absolute atomic E-state index is 0.729. The first-order valence-electron chi connectivity index (χ1n) is 7.55. The largest absolute Gasteiger partial charge is 0.502 e. The van der Waals surface area contributed by atoms with Crippen molar-refractivity contribution in [2.24, 2.45) is 0 Å². The summed E-state index contributed by atoms with van der Waals surface area (Å²) in [6, 6.07) is 16.5. The number of hydrogen-bond acceptors (Lipinski definition) is 1. The highest BCUT2D eigenvalue weighted by Crippen LogP contribution is 2.44. The van der Waals surface area contributed by atoms with Gasteiger partial charge in [-0.1, -0.05) is 54.6 Å². The second-order valence-electron chi connectivity index (χ2n) is 6.00. The lowest BCUT2D eigenvalue weighted by Crippen LogP contribution is -2.36. The molecule has 1 N–H and O–H groups in total. The van der Waals surface area contributed by atoms with E-state index in [2.05, 4.69) is 29.2 Å². The topological polar surface area (TPSA) is 25.0 Å². The molecule has 0 amide bonds. The molecule has 1 aliphatic heterocycles. The van der Waals surface area contributed by atoms with E-state index in [1.807, 2.05) is 30.3 Å². The highest BCUT2D eigenvalue weighted by Gasteiger charge is 2.25. The van der Waals surface area contributed by atoms with Crippen LogP contribution in [0.5, 0.6) is 5.75 Å². The van der Waals surface area contributed by atoms with E-state index in [1.165, 1.54) is 10.8 Å². The molecule has 0 aliphatic carbocycles. The Morgan fingerprint density at radius 2 is 1.57 bits per heavy atom. The number of hydrogen-bond donors (Lipinski definition) is 1. The zero-order valence-electron chi connectivity index (χ0n) is 12.3. The van der Waals surface area contributed by atoms with E-state index in [0.29, 0.717) is 0 Å². The molecule has 4 radical (unpaired) electrons. The van der Waals surface area contributed by atoms with Crippen molar-refractivity contribution in [3.05, 3.63) is 60.2 Å². The SMILES string of the molecule is [B]C1([B])C=Cc2c(c3ccccc3c3c2[nH]c2ccccc23)O1. The van der Waals surface area contributed by atoms with Crippen molar-refractivity contribution in [3.8, 4) is 5.75 Å². The van der Waals surface area contributed by atoms with Gasteiger partial charge < -0.3 is 9.72 Å². The van der Waals surface area contributed by atoms with E-state index in [0.717, 1.165) is 33.1 Å². The molecule has 0 bridgehead atoms. The predicted octanol–water partition coefficient (Wildman–Crippen LogP) is 3.87. The third-order valence-corrected chi connectivity index (χ3v) is 4.45. The van der Waals surface area contributed by atoms with Crippen molar-refractivity contribution in [1.29, 1.82) is 0 Å². The smallest absolute Gasteiger partial charge is 0.135 e. The number of H-pyrrole nitrogens is 1. The summed E-state index contributed by atoms with van der Waals surface area (Å²) in [6.45, 7) is 0. The molecule has 23 heavy (non-hydrogen) atoms. The van der Waals surface area contributed by atoms with Crippen LogP contribution in [0, 0.1) is 0 Å². The van der Waals surface area contributed by atoms with Crippen molar-refractivity contribution in [2.45, 2.75) is 5.40 Å². The first-order valence-corrected chi connectivity index (χ1v) is 7.55. The zero-order chi connectivity index (χ0) is 15.6. The fraction of sp³-hybridized carbons (Fsp3) is 0.0526. The summed E-state index contributed by atoms with van der Waals surface area (Å²) in [4.78, 5) is 3.51. The van der Waals surface area contributed by atoms with Gasteiger partial charge in [0.25, 0.3) is 0 Å². The molecule has 0 spiro atoms. The molecule has 4 heteroatoms. The fourth-order valence-corrected chi connectivity index (χ4v) is 3.47. The molecular formula is C19H11B2NO. The summed E-state index contributed by atoms with van der Waals surface area (Å²) in [5.41, 5.74) is 3.14. The van der Waals surface area contributed by atoms with Gasteiger partial charge in [-0.25, -0.2) is 0 Å². The molecule has 2 nitrogen and oxygen atoms in total. The lowest BCUT2D eigenvalue weighted by Gasteiger charge is -2.30. The summed E-state index contributed by atoms with van der Waals surface area (Å²) in [6.07, 6.45) is 3.64. The highest BCUT2D eigenvalue weighted by atomic mass is 16.5. The normalized spacial score (nSPS) is 15.8. The third-order valence-electron chi connectivity index (χ3n) is 4.45. The molecule has 4 aromatic rings. The predicted molar refractivity (Wildman–Crippen MR) is 97.2 cm³/mol. The highest BCUT2D eigenvalue weighted by molar-refractivity contribution is 6.41. The maximum Gasteiger partial charge on any atom is 0.135 e. The molecule has 2 heterocycles. The summed E-state index contributed by atoms with van der Waals surface area (Å²) >= 11 is 0. The number of nitrogens with one attached hydrogen (secondary N) is 1. The Kier molecular flexibility index (Phi) is 2.37. The number of benzene rings is 3. The molecule has 0 atom stereocenters. The van der Waals surface area contributed by atoms with Crippen LogP contribution < -0.4 is 4.74 Å². The summed E-state index contributed by atoms with van der Waals surface area (Å²) < 4.78 is 5.89. The van der Waals surface area contributed by atoms with E-state index < -0.39 is 5.40 Å². The number of ether oxygens (including phenoxy) is 1. The Hall–Kier alpha value is -2.61. The lowest BCUT2D eigenvalue weighted by atomic mass is 9.64. The van der Waals surface area contributed by atoms with Gasteiger partial charge in [0, 0.05) is 32.6 Å². The standard InChI is InChI=1S/C19H11B2NO/c20-19(21)10-9-14-17-16(13-7-3-4-8-15(13)22-17)11-5-1-2-6-12(11)18(14)23-19/h1-10,22H. The van der Waals surface area contributed by atoms with Crippen molar-refractivity contribution in [2.75, 3.05) is 0 Å². The van der Waals surface area contributed by atoms with Crippen LogP contribution in [-0.2, 0) is 0 Å². The van der Waals surface area contributed by atoms with Crippen LogP contribution in [0.2, 0.25) is 0 Å². The molecule has 0 saturated carbocycles. The summed E-state index contributed by atoms with van der Waals surface area (Å²) in [5.74, 6) is 0.729. The van der Waals surface area contributed by atoms with Crippen LogP contribution in [0.3, 0.4) is 0 Å². The van der Waals surface area contributed by atoms with Gasteiger partial charge in [0.05, 0.1) is 5.52 Å². The maximum atomic E-state index is 5.96. The molecule has 0 fully saturated rings. The molecule has 5 rings (SSSR count). The summed E-state index contributed by atoms with van der Waals surface area (Å²) in [5, 5.41) is 3.27. The first-order chi connectivity index (χ1) is 11.1. The zero-order valence-corrected chi connectivity index (χ0v) is 12.3. The number of rotatable bonds is 0. The van der Waals surface area contributed by atoms with Crippen LogP contribution in [-0.4, -0.2) is 26.1 Å². The van der Waals surface area contributed by atoms with E-state index in [1.54, 1.807) is 6.08 Å². The Balaban J connectivity index is 2.07. The minimum atomic E-state index is -1.28. The Labute approximate surface area is 136 Å². The molecule has 0 unspecified atom stereocenters. The van der Waals surface area contributed by atoms with Gasteiger partial charge in [0.1, 0.15) is 21.4 Å². The van der Waals surface area contributed by atoms with Gasteiger partial charge in [-0.15, -0.1) is 0 Å². The number of aromatic amines is 1. The van der Waals surface area contributed by atoms with Crippen LogP contribution in [0.4, 0.5) is 0 Å².